The number of hydrogen-bond acceptors (Lipinski definition) is 9. The summed E-state index contributed by atoms with van der Waals surface area (Å²) in [6, 6.07) is -6.61. The van der Waals surface area contributed by atoms with E-state index in [1.165, 1.54) is 11.8 Å². The first-order chi connectivity index (χ1) is 15.3. The molecule has 0 saturated heterocycles. The van der Waals surface area contributed by atoms with Crippen LogP contribution in [0.25, 0.3) is 0 Å². The number of amides is 3. The Hall–Kier alpha value is -3.40. The fourth-order valence-corrected chi connectivity index (χ4v) is 2.83. The average molecular weight is 494 g/mol. The molecular weight excluding hydrogens is 468 g/mol. The molecule has 0 rings (SSSR count). The maximum atomic E-state index is 12.5. The van der Waals surface area contributed by atoms with Crippen LogP contribution in [-0.2, 0) is 33.6 Å². The van der Waals surface area contributed by atoms with E-state index in [-0.39, 0.29) is 6.42 Å². The third-order valence-corrected chi connectivity index (χ3v) is 4.63. The summed E-state index contributed by atoms with van der Waals surface area (Å²) in [5, 5.41) is 41.6. The second kappa shape index (κ2) is 14.6. The van der Waals surface area contributed by atoms with E-state index < -0.39 is 85.0 Å². The van der Waals surface area contributed by atoms with Crippen molar-refractivity contribution in [3.63, 3.8) is 0 Å². The van der Waals surface area contributed by atoms with Crippen LogP contribution in [-0.4, -0.2) is 98.2 Å². The zero-order chi connectivity index (χ0) is 25.7. The van der Waals surface area contributed by atoms with Crippen molar-refractivity contribution in [3.05, 3.63) is 0 Å². The van der Waals surface area contributed by atoms with Gasteiger partial charge in [0.2, 0.25) is 17.7 Å². The van der Waals surface area contributed by atoms with Crippen molar-refractivity contribution in [1.82, 2.24) is 16.0 Å². The highest BCUT2D eigenvalue weighted by Gasteiger charge is 2.33. The van der Waals surface area contributed by atoms with Crippen molar-refractivity contribution in [1.29, 1.82) is 0 Å². The molecule has 33 heavy (non-hydrogen) atoms. The van der Waals surface area contributed by atoms with Crippen molar-refractivity contribution in [2.24, 2.45) is 5.73 Å². The molecule has 0 aromatic heterocycles. The minimum atomic E-state index is -1.92. The topological polar surface area (TPSA) is 263 Å². The van der Waals surface area contributed by atoms with E-state index >= 15 is 0 Å². The molecule has 0 aromatic carbocycles. The molecule has 0 saturated carbocycles. The zero-order valence-electron chi connectivity index (χ0n) is 17.5. The van der Waals surface area contributed by atoms with E-state index in [0.29, 0.717) is 5.75 Å². The number of carbonyl (C=O) groups excluding carboxylic acids is 3. The molecule has 0 spiro atoms. The predicted octanol–water partition coefficient (Wildman–Crippen LogP) is -2.97. The van der Waals surface area contributed by atoms with Gasteiger partial charge in [0.15, 0.2) is 0 Å². The maximum Gasteiger partial charge on any atom is 0.326 e. The third-order valence-electron chi connectivity index (χ3n) is 3.99. The summed E-state index contributed by atoms with van der Waals surface area (Å²) in [6.45, 7) is 0. The highest BCUT2D eigenvalue weighted by atomic mass is 32.2. The first kappa shape index (κ1) is 29.6. The number of carboxylic acids is 4. The molecule has 186 valence electrons. The summed E-state index contributed by atoms with van der Waals surface area (Å²) in [6.07, 6.45) is -1.01. The van der Waals surface area contributed by atoms with Gasteiger partial charge < -0.3 is 42.1 Å². The quantitative estimate of drug-likeness (QED) is 0.107. The lowest BCUT2D eigenvalue weighted by Crippen LogP contribution is -2.58. The predicted molar refractivity (Wildman–Crippen MR) is 111 cm³/mol. The lowest BCUT2D eigenvalue weighted by atomic mass is 10.1. The van der Waals surface area contributed by atoms with Crippen LogP contribution in [0.1, 0.15) is 25.7 Å². The number of thioether (sulfide) groups is 1. The van der Waals surface area contributed by atoms with E-state index in [1.54, 1.807) is 11.6 Å². The van der Waals surface area contributed by atoms with E-state index in [9.17, 15) is 33.6 Å². The first-order valence-corrected chi connectivity index (χ1v) is 10.7. The summed E-state index contributed by atoms with van der Waals surface area (Å²) in [7, 11) is 0. The monoisotopic (exact) mass is 494 g/mol. The highest BCUT2D eigenvalue weighted by molar-refractivity contribution is 7.98. The Kier molecular flexibility index (Phi) is 13.1. The normalized spacial score (nSPS) is 14.1. The number of nitrogens with one attached hydrogen (secondary N) is 3. The Balaban J connectivity index is 5.52. The molecule has 0 aromatic rings. The largest absolute Gasteiger partial charge is 0.481 e. The van der Waals surface area contributed by atoms with Gasteiger partial charge in [-0.3, -0.25) is 28.8 Å². The Morgan fingerprint density at radius 2 is 1.06 bits per heavy atom. The molecule has 0 aliphatic rings. The Bertz CT molecular complexity index is 776. The van der Waals surface area contributed by atoms with E-state index in [4.69, 9.17) is 26.2 Å². The third kappa shape index (κ3) is 12.3. The minimum Gasteiger partial charge on any atom is -0.481 e. The van der Waals surface area contributed by atoms with Crippen molar-refractivity contribution in [2.45, 2.75) is 49.9 Å². The Morgan fingerprint density at radius 1 is 0.697 bits per heavy atom. The van der Waals surface area contributed by atoms with Crippen molar-refractivity contribution in [2.75, 3.05) is 12.0 Å². The number of nitrogens with two attached hydrogens (primary N) is 1. The zero-order valence-corrected chi connectivity index (χ0v) is 18.3. The number of carbonyl (C=O) groups is 7. The standard InChI is InChI=1S/C17H26N4O11S/c1-33-3-2-7(18)14(28)19-8(4-11(22)23)15(29)20-9(5-12(24)25)16(30)21-10(17(31)32)6-13(26)27/h7-10H,2-6,18H2,1H3,(H,19,28)(H,20,29)(H,21,30)(H,22,23)(H,24,25)(H,26,27)(H,31,32). The summed E-state index contributed by atoms with van der Waals surface area (Å²) < 4.78 is 0. The Labute approximate surface area is 191 Å². The molecule has 3 amide bonds. The van der Waals surface area contributed by atoms with Crippen LogP contribution in [0.2, 0.25) is 0 Å². The van der Waals surface area contributed by atoms with Crippen LogP contribution >= 0.6 is 11.8 Å². The molecule has 4 unspecified atom stereocenters. The molecule has 15 nitrogen and oxygen atoms in total. The van der Waals surface area contributed by atoms with Gasteiger partial charge in [-0.2, -0.15) is 11.8 Å². The molecule has 0 aliphatic heterocycles. The number of carboxylic acid groups (broad SMARTS) is 4. The second-order valence-corrected chi connectivity index (χ2v) is 7.69. The fraction of sp³-hybridized carbons (Fsp3) is 0.588. The summed E-state index contributed by atoms with van der Waals surface area (Å²) in [5.41, 5.74) is 5.67. The first-order valence-electron chi connectivity index (χ1n) is 9.32. The molecule has 4 atom stereocenters. The summed E-state index contributed by atoms with van der Waals surface area (Å²) >= 11 is 1.40. The smallest absolute Gasteiger partial charge is 0.326 e. The number of rotatable bonds is 16. The van der Waals surface area contributed by atoms with Gasteiger partial charge in [0.25, 0.3) is 0 Å². The Morgan fingerprint density at radius 3 is 1.42 bits per heavy atom. The molecule has 9 N–H and O–H groups in total. The molecule has 0 radical (unpaired) electrons. The van der Waals surface area contributed by atoms with Gasteiger partial charge >= 0.3 is 23.9 Å². The molecular formula is C17H26N4O11S. The van der Waals surface area contributed by atoms with Crippen LogP contribution in [0, 0.1) is 0 Å². The van der Waals surface area contributed by atoms with Gasteiger partial charge in [-0.05, 0) is 18.4 Å². The fourth-order valence-electron chi connectivity index (χ4n) is 2.34. The highest BCUT2D eigenvalue weighted by Crippen LogP contribution is 2.03. The van der Waals surface area contributed by atoms with Crippen molar-refractivity contribution < 1.29 is 54.0 Å². The van der Waals surface area contributed by atoms with Crippen molar-refractivity contribution >= 4 is 53.4 Å². The van der Waals surface area contributed by atoms with Gasteiger partial charge in [-0.15, -0.1) is 0 Å². The summed E-state index contributed by atoms with van der Waals surface area (Å²) in [5.74, 6) is -9.29. The molecule has 0 heterocycles. The van der Waals surface area contributed by atoms with E-state index in [2.05, 4.69) is 5.32 Å². The van der Waals surface area contributed by atoms with Crippen LogP contribution in [0.3, 0.4) is 0 Å². The summed E-state index contributed by atoms with van der Waals surface area (Å²) in [4.78, 5) is 81.1. The minimum absolute atomic E-state index is 0.221. The van der Waals surface area contributed by atoms with Gasteiger partial charge in [0, 0.05) is 0 Å². The molecule has 0 bridgehead atoms. The van der Waals surface area contributed by atoms with E-state index in [1.807, 2.05) is 5.32 Å². The number of hydrogen-bond donors (Lipinski definition) is 8. The van der Waals surface area contributed by atoms with Crippen LogP contribution < -0.4 is 21.7 Å². The maximum absolute atomic E-state index is 12.5. The molecule has 16 heteroatoms. The van der Waals surface area contributed by atoms with Crippen LogP contribution in [0.15, 0.2) is 0 Å². The van der Waals surface area contributed by atoms with E-state index in [0.717, 1.165) is 0 Å². The van der Waals surface area contributed by atoms with Gasteiger partial charge in [0.1, 0.15) is 18.1 Å². The van der Waals surface area contributed by atoms with Gasteiger partial charge in [0.05, 0.1) is 25.3 Å². The van der Waals surface area contributed by atoms with Gasteiger partial charge in [-0.25, -0.2) is 4.79 Å². The SMILES string of the molecule is CSCCC(N)C(=O)NC(CC(=O)O)C(=O)NC(CC(=O)O)C(=O)NC(CC(=O)O)C(=O)O. The van der Waals surface area contributed by atoms with Crippen LogP contribution in [0.5, 0.6) is 0 Å². The van der Waals surface area contributed by atoms with Gasteiger partial charge in [-0.1, -0.05) is 0 Å². The van der Waals surface area contributed by atoms with Crippen molar-refractivity contribution in [3.8, 4) is 0 Å². The molecule has 0 aliphatic carbocycles. The second-order valence-electron chi connectivity index (χ2n) is 6.70. The van der Waals surface area contributed by atoms with Crippen LogP contribution in [0.4, 0.5) is 0 Å². The number of aliphatic carboxylic acids is 4. The lowest BCUT2D eigenvalue weighted by Gasteiger charge is -2.23. The molecule has 0 fully saturated rings. The lowest BCUT2D eigenvalue weighted by molar-refractivity contribution is -0.148. The average Bonchev–Trinajstić information content (AvgIpc) is 2.68.